The molecule has 4 heteroatoms. The van der Waals surface area contributed by atoms with Crippen LogP contribution in [0.3, 0.4) is 0 Å². The summed E-state index contributed by atoms with van der Waals surface area (Å²) in [6.45, 7) is 3.41. The first-order valence-electron chi connectivity index (χ1n) is 7.01. The molecule has 0 saturated heterocycles. The van der Waals surface area contributed by atoms with Crippen molar-refractivity contribution in [2.24, 2.45) is 5.92 Å². The molecule has 1 aliphatic rings. The van der Waals surface area contributed by atoms with Crippen LogP contribution in [0.2, 0.25) is 0 Å². The summed E-state index contributed by atoms with van der Waals surface area (Å²) in [5.41, 5.74) is 0. The van der Waals surface area contributed by atoms with E-state index in [0.717, 1.165) is 18.4 Å². The van der Waals surface area contributed by atoms with Gasteiger partial charge in [0.15, 0.2) is 6.29 Å². The normalized spacial score (nSPS) is 23.1. The smallest absolute Gasteiger partial charge is 0.167 e. The van der Waals surface area contributed by atoms with Crippen molar-refractivity contribution < 1.29 is 9.47 Å². The zero-order chi connectivity index (χ0) is 14.2. The maximum Gasteiger partial charge on any atom is 0.167 e. The number of alkyl halides is 1. The molecule has 1 unspecified atom stereocenters. The highest BCUT2D eigenvalue weighted by atomic mass is 79.9. The number of rotatable bonds is 8. The van der Waals surface area contributed by atoms with E-state index in [1.54, 1.807) is 0 Å². The number of ether oxygens (including phenoxy) is 2. The van der Waals surface area contributed by atoms with Crippen LogP contribution in [0.25, 0.3) is 0 Å². The Morgan fingerprint density at radius 3 is 2.75 bits per heavy atom. The molecule has 1 aromatic rings. The summed E-state index contributed by atoms with van der Waals surface area (Å²) in [6.07, 6.45) is 5.59. The molecule has 1 aromatic carbocycles. The minimum atomic E-state index is -0.130. The number of benzene rings is 1. The molecule has 0 aromatic heterocycles. The van der Waals surface area contributed by atoms with Crippen molar-refractivity contribution in [1.82, 2.24) is 0 Å². The van der Waals surface area contributed by atoms with Gasteiger partial charge in [0.25, 0.3) is 0 Å². The molecule has 1 aliphatic carbocycles. The van der Waals surface area contributed by atoms with Gasteiger partial charge < -0.3 is 9.47 Å². The highest BCUT2D eigenvalue weighted by Crippen LogP contribution is 2.33. The summed E-state index contributed by atoms with van der Waals surface area (Å²) < 4.78 is 11.3. The molecule has 3 atom stereocenters. The Hall–Kier alpha value is -0.290. The van der Waals surface area contributed by atoms with Crippen LogP contribution in [-0.4, -0.2) is 30.1 Å². The molecule has 20 heavy (non-hydrogen) atoms. The molecule has 110 valence electrons. The second kappa shape index (κ2) is 8.88. The fourth-order valence-corrected chi connectivity index (χ4v) is 3.73. The van der Waals surface area contributed by atoms with Gasteiger partial charge in [-0.3, -0.25) is 0 Å². The molecule has 0 saturated carbocycles. The first-order chi connectivity index (χ1) is 9.81. The number of hydrogen-bond acceptors (Lipinski definition) is 3. The van der Waals surface area contributed by atoms with Crippen LogP contribution in [0.1, 0.15) is 13.3 Å². The van der Waals surface area contributed by atoms with Gasteiger partial charge in [-0.2, -0.15) is 0 Å². The second-order valence-corrected chi connectivity index (χ2v) is 6.68. The van der Waals surface area contributed by atoms with Crippen molar-refractivity contribution in [1.29, 1.82) is 0 Å². The lowest BCUT2D eigenvalue weighted by molar-refractivity contribution is -0.128. The summed E-state index contributed by atoms with van der Waals surface area (Å²) in [6, 6.07) is 10.6. The van der Waals surface area contributed by atoms with E-state index in [-0.39, 0.29) is 6.29 Å². The first-order valence-corrected chi connectivity index (χ1v) is 9.01. The van der Waals surface area contributed by atoms with Gasteiger partial charge >= 0.3 is 0 Å². The van der Waals surface area contributed by atoms with Crippen molar-refractivity contribution >= 4 is 27.7 Å². The van der Waals surface area contributed by atoms with Gasteiger partial charge in [0, 0.05) is 22.7 Å². The maximum absolute atomic E-state index is 5.78. The highest BCUT2D eigenvalue weighted by molar-refractivity contribution is 9.09. The zero-order valence-electron chi connectivity index (χ0n) is 11.7. The third-order valence-electron chi connectivity index (χ3n) is 3.14. The van der Waals surface area contributed by atoms with Crippen LogP contribution in [0, 0.1) is 5.92 Å². The average molecular weight is 357 g/mol. The molecular formula is C16H21BrO2S. The maximum atomic E-state index is 5.78. The largest absolute Gasteiger partial charge is 0.352 e. The molecule has 0 bridgehead atoms. The van der Waals surface area contributed by atoms with E-state index in [1.165, 1.54) is 4.90 Å². The molecule has 0 radical (unpaired) electrons. The number of thioether (sulfide) groups is 1. The fourth-order valence-electron chi connectivity index (χ4n) is 2.18. The summed E-state index contributed by atoms with van der Waals surface area (Å²) in [5.74, 6) is 0.498. The lowest BCUT2D eigenvalue weighted by Gasteiger charge is -2.18. The van der Waals surface area contributed by atoms with E-state index < -0.39 is 0 Å². The van der Waals surface area contributed by atoms with Gasteiger partial charge in [-0.1, -0.05) is 46.3 Å². The van der Waals surface area contributed by atoms with E-state index in [1.807, 2.05) is 18.7 Å². The van der Waals surface area contributed by atoms with Crippen molar-refractivity contribution in [3.63, 3.8) is 0 Å². The van der Waals surface area contributed by atoms with Crippen molar-refractivity contribution in [2.75, 3.05) is 18.5 Å². The number of hydrogen-bond donors (Lipinski definition) is 0. The minimum absolute atomic E-state index is 0.130. The standard InChI is InChI=1S/C16H21BrO2S/c1-2-18-16(11-17)19-12-13-8-9-15(10-13)20-14-6-4-3-5-7-14/h3-9,13,15-16H,2,10-12H2,1H3/t13-,15-,16?/m0/s1. The molecule has 2 nitrogen and oxygen atoms in total. The van der Waals surface area contributed by atoms with Crippen molar-refractivity contribution in [3.8, 4) is 0 Å². The average Bonchev–Trinajstić information content (AvgIpc) is 2.92. The van der Waals surface area contributed by atoms with Gasteiger partial charge in [-0.05, 0) is 25.5 Å². The van der Waals surface area contributed by atoms with Crippen LogP contribution in [0.15, 0.2) is 47.4 Å². The Balaban J connectivity index is 1.72. The molecule has 0 aliphatic heterocycles. The second-order valence-electron chi connectivity index (χ2n) is 4.72. The Morgan fingerprint density at radius 1 is 1.25 bits per heavy atom. The number of halogens is 1. The van der Waals surface area contributed by atoms with E-state index >= 15 is 0 Å². The topological polar surface area (TPSA) is 18.5 Å². The molecule has 0 spiro atoms. The van der Waals surface area contributed by atoms with E-state index in [2.05, 4.69) is 58.4 Å². The zero-order valence-corrected chi connectivity index (χ0v) is 14.1. The van der Waals surface area contributed by atoms with E-state index in [9.17, 15) is 0 Å². The summed E-state index contributed by atoms with van der Waals surface area (Å²) >= 11 is 5.33. The van der Waals surface area contributed by atoms with Crippen LogP contribution >= 0.6 is 27.7 Å². The summed E-state index contributed by atoms with van der Waals surface area (Å²) in [7, 11) is 0. The minimum Gasteiger partial charge on any atom is -0.352 e. The summed E-state index contributed by atoms with van der Waals surface area (Å²) in [4.78, 5) is 1.33. The third-order valence-corrected chi connectivity index (χ3v) is 4.86. The van der Waals surface area contributed by atoms with Crippen molar-refractivity contribution in [3.05, 3.63) is 42.5 Å². The van der Waals surface area contributed by atoms with Gasteiger partial charge in [-0.15, -0.1) is 11.8 Å². The van der Waals surface area contributed by atoms with Gasteiger partial charge in [0.2, 0.25) is 0 Å². The Morgan fingerprint density at radius 2 is 2.05 bits per heavy atom. The van der Waals surface area contributed by atoms with E-state index in [0.29, 0.717) is 17.8 Å². The van der Waals surface area contributed by atoms with Crippen LogP contribution < -0.4 is 0 Å². The van der Waals surface area contributed by atoms with Gasteiger partial charge in [0.05, 0.1) is 11.9 Å². The highest BCUT2D eigenvalue weighted by Gasteiger charge is 2.21. The lowest BCUT2D eigenvalue weighted by atomic mass is 10.1. The van der Waals surface area contributed by atoms with Gasteiger partial charge in [0.1, 0.15) is 0 Å². The summed E-state index contributed by atoms with van der Waals surface area (Å²) in [5, 5.41) is 1.28. The molecular weight excluding hydrogens is 336 g/mol. The molecule has 0 fully saturated rings. The Bertz CT molecular complexity index is 410. The molecule has 0 heterocycles. The predicted octanol–water partition coefficient (Wildman–Crippen LogP) is 4.50. The fraction of sp³-hybridized carbons (Fsp3) is 0.500. The lowest BCUT2D eigenvalue weighted by Crippen LogP contribution is -2.22. The Labute approximate surface area is 134 Å². The quantitative estimate of drug-likeness (QED) is 0.388. The van der Waals surface area contributed by atoms with Crippen LogP contribution in [-0.2, 0) is 9.47 Å². The molecule has 2 rings (SSSR count). The van der Waals surface area contributed by atoms with E-state index in [4.69, 9.17) is 9.47 Å². The molecule has 0 N–H and O–H groups in total. The third kappa shape index (κ3) is 5.24. The van der Waals surface area contributed by atoms with Crippen molar-refractivity contribution in [2.45, 2.75) is 29.8 Å². The molecule has 0 amide bonds. The first kappa shape index (κ1) is 16.1. The van der Waals surface area contributed by atoms with Crippen LogP contribution in [0.4, 0.5) is 0 Å². The van der Waals surface area contributed by atoms with Gasteiger partial charge in [-0.25, -0.2) is 0 Å². The monoisotopic (exact) mass is 356 g/mol. The predicted molar refractivity (Wildman–Crippen MR) is 88.5 cm³/mol. The Kier molecular flexibility index (Phi) is 7.14. The van der Waals surface area contributed by atoms with Crippen LogP contribution in [0.5, 0.6) is 0 Å². The SMILES string of the molecule is CCOC(CBr)OC[C@H]1C=C[C@H](Sc2ccccc2)C1.